The molecule has 40 heavy (non-hydrogen) atoms. The van der Waals surface area contributed by atoms with Crippen molar-refractivity contribution in [3.8, 4) is 17.2 Å². The van der Waals surface area contributed by atoms with Gasteiger partial charge in [-0.3, -0.25) is 4.90 Å². The SMILES string of the molecule is COc1ccc2c(c1)[C@@]13CCCC[C@H]1[C@H](C2)N(CCc1ccc2c(c1)OCO2)CC3.O=C(O)[C@H](O)[C@@H](O)C(=O)O. The van der Waals surface area contributed by atoms with Gasteiger partial charge in [0.25, 0.3) is 0 Å². The number of aliphatic carboxylic acids is 2. The number of nitrogens with zero attached hydrogens (tertiary/aromatic N) is 1. The summed E-state index contributed by atoms with van der Waals surface area (Å²) < 4.78 is 16.7. The molecule has 0 radical (unpaired) electrons. The van der Waals surface area contributed by atoms with Gasteiger partial charge in [-0.15, -0.1) is 0 Å². The fourth-order valence-corrected chi connectivity index (χ4v) is 7.11. The first-order valence-electron chi connectivity index (χ1n) is 13.8. The van der Waals surface area contributed by atoms with Crippen LogP contribution in [-0.4, -0.2) is 82.5 Å². The molecule has 216 valence electrons. The van der Waals surface area contributed by atoms with Crippen molar-refractivity contribution in [1.29, 1.82) is 0 Å². The lowest BCUT2D eigenvalue weighted by Crippen LogP contribution is -2.61. The van der Waals surface area contributed by atoms with E-state index in [1.54, 1.807) is 18.2 Å². The number of likely N-dealkylation sites (tertiary alicyclic amines) is 1. The predicted molar refractivity (Wildman–Crippen MR) is 144 cm³/mol. The van der Waals surface area contributed by atoms with Crippen LogP contribution in [0.15, 0.2) is 36.4 Å². The molecule has 10 nitrogen and oxygen atoms in total. The number of aliphatic hydroxyl groups excluding tert-OH is 2. The summed E-state index contributed by atoms with van der Waals surface area (Å²) in [7, 11) is 1.79. The summed E-state index contributed by atoms with van der Waals surface area (Å²) >= 11 is 0. The van der Waals surface area contributed by atoms with Crippen molar-refractivity contribution in [2.24, 2.45) is 5.92 Å². The van der Waals surface area contributed by atoms with E-state index in [2.05, 4.69) is 41.3 Å². The van der Waals surface area contributed by atoms with Crippen LogP contribution in [0.1, 0.15) is 48.8 Å². The zero-order valence-electron chi connectivity index (χ0n) is 22.6. The Kier molecular flexibility index (Phi) is 8.21. The van der Waals surface area contributed by atoms with Gasteiger partial charge in [0.15, 0.2) is 23.7 Å². The maximum absolute atomic E-state index is 9.77. The lowest BCUT2D eigenvalue weighted by atomic mass is 9.52. The van der Waals surface area contributed by atoms with Crippen LogP contribution in [0.3, 0.4) is 0 Å². The van der Waals surface area contributed by atoms with Crippen LogP contribution in [0.4, 0.5) is 0 Å². The third-order valence-corrected chi connectivity index (χ3v) is 9.09. The van der Waals surface area contributed by atoms with Gasteiger partial charge < -0.3 is 34.6 Å². The molecule has 2 fully saturated rings. The summed E-state index contributed by atoms with van der Waals surface area (Å²) in [5.41, 5.74) is 4.89. The van der Waals surface area contributed by atoms with Crippen LogP contribution in [0.2, 0.25) is 0 Å². The number of rotatable bonds is 7. The van der Waals surface area contributed by atoms with Gasteiger partial charge in [0.2, 0.25) is 6.79 Å². The van der Waals surface area contributed by atoms with Crippen molar-refractivity contribution in [2.45, 2.75) is 68.6 Å². The number of piperidine rings is 1. The fraction of sp³-hybridized carbons (Fsp3) is 0.533. The molecule has 1 saturated heterocycles. The molecule has 2 bridgehead atoms. The highest BCUT2D eigenvalue weighted by molar-refractivity contribution is 5.83. The summed E-state index contributed by atoms with van der Waals surface area (Å²) in [6, 6.07) is 14.0. The van der Waals surface area contributed by atoms with E-state index in [9.17, 15) is 9.59 Å². The number of methoxy groups -OCH3 is 1. The molecular weight excluding hydrogens is 518 g/mol. The maximum Gasteiger partial charge on any atom is 0.335 e. The van der Waals surface area contributed by atoms with Gasteiger partial charge in [0, 0.05) is 18.0 Å². The van der Waals surface area contributed by atoms with Crippen molar-refractivity contribution < 1.29 is 44.2 Å². The largest absolute Gasteiger partial charge is 0.497 e. The number of ether oxygens (including phenoxy) is 3. The Hall–Kier alpha value is -3.34. The number of carboxylic acid groups (broad SMARTS) is 2. The lowest BCUT2D eigenvalue weighted by Gasteiger charge is -2.59. The second-order valence-corrected chi connectivity index (χ2v) is 11.1. The fourth-order valence-electron chi connectivity index (χ4n) is 7.11. The maximum atomic E-state index is 9.77. The molecule has 2 aromatic rings. The van der Waals surface area contributed by atoms with Crippen molar-refractivity contribution in [1.82, 2.24) is 4.90 Å². The highest BCUT2D eigenvalue weighted by atomic mass is 16.7. The molecule has 2 aromatic carbocycles. The van der Waals surface area contributed by atoms with E-state index in [0.717, 1.165) is 36.1 Å². The van der Waals surface area contributed by atoms with Gasteiger partial charge >= 0.3 is 11.9 Å². The van der Waals surface area contributed by atoms with Crippen LogP contribution in [0, 0.1) is 5.92 Å². The molecule has 2 aliphatic heterocycles. The van der Waals surface area contributed by atoms with Gasteiger partial charge in [-0.05, 0) is 85.5 Å². The molecule has 0 spiro atoms. The van der Waals surface area contributed by atoms with Crippen LogP contribution in [0.25, 0.3) is 0 Å². The number of carboxylic acids is 2. The molecule has 0 unspecified atom stereocenters. The summed E-state index contributed by atoms with van der Waals surface area (Å²) in [5.74, 6) is 0.0540. The third kappa shape index (κ3) is 5.35. The molecule has 1 saturated carbocycles. The number of hydrogen-bond donors (Lipinski definition) is 4. The molecule has 10 heteroatoms. The zero-order chi connectivity index (χ0) is 28.4. The van der Waals surface area contributed by atoms with Crippen molar-refractivity contribution >= 4 is 11.9 Å². The van der Waals surface area contributed by atoms with E-state index in [1.165, 1.54) is 50.6 Å². The topological polar surface area (TPSA) is 146 Å². The highest BCUT2D eigenvalue weighted by Crippen LogP contribution is 2.56. The number of fused-ring (bicyclic) bond motifs is 2. The van der Waals surface area contributed by atoms with E-state index < -0.39 is 24.1 Å². The first kappa shape index (κ1) is 28.2. The summed E-state index contributed by atoms with van der Waals surface area (Å²) in [6.07, 6.45) is 4.50. The second kappa shape index (κ2) is 11.6. The first-order chi connectivity index (χ1) is 19.2. The number of carbonyl (C=O) groups is 2. The number of aliphatic hydroxyl groups is 2. The molecule has 0 aromatic heterocycles. The normalized spacial score (nSPS) is 25.9. The third-order valence-electron chi connectivity index (χ3n) is 9.09. The zero-order valence-corrected chi connectivity index (χ0v) is 22.6. The van der Waals surface area contributed by atoms with Gasteiger partial charge in [-0.1, -0.05) is 25.0 Å². The Morgan fingerprint density at radius 2 is 1.77 bits per heavy atom. The Labute approximate surface area is 233 Å². The molecule has 4 aliphatic rings. The quantitative estimate of drug-likeness (QED) is 0.402. The van der Waals surface area contributed by atoms with Crippen LogP contribution < -0.4 is 14.2 Å². The van der Waals surface area contributed by atoms with E-state index in [-0.39, 0.29) is 0 Å². The van der Waals surface area contributed by atoms with E-state index in [0.29, 0.717) is 18.2 Å². The standard InChI is InChI=1S/C26H31NO3.C4H6O6/c1-28-20-7-6-19-15-23-21-4-2-3-10-26(21,22(19)16-20)11-13-27(23)12-9-18-5-8-24-25(14-18)30-17-29-24;5-1(3(7)8)2(6)4(9)10/h5-8,14,16,21,23H,2-4,9-13,15,17H2,1H3;1-2,5-6H,(H,7,8)(H,9,10)/t21-,23-,26+;1-,2-/m01/s1. The van der Waals surface area contributed by atoms with Gasteiger partial charge in [0.1, 0.15) is 5.75 Å². The Morgan fingerprint density at radius 3 is 2.50 bits per heavy atom. The molecule has 2 aliphatic carbocycles. The monoisotopic (exact) mass is 555 g/mol. The van der Waals surface area contributed by atoms with Crippen molar-refractivity contribution in [3.63, 3.8) is 0 Å². The van der Waals surface area contributed by atoms with Gasteiger partial charge in [0.05, 0.1) is 7.11 Å². The summed E-state index contributed by atoms with van der Waals surface area (Å²) in [5, 5.41) is 32.5. The predicted octanol–water partition coefficient (Wildman–Crippen LogP) is 2.60. The minimum atomic E-state index is -2.27. The van der Waals surface area contributed by atoms with Crippen molar-refractivity contribution in [2.75, 3.05) is 27.0 Å². The van der Waals surface area contributed by atoms with E-state index in [1.807, 2.05) is 0 Å². The number of hydrogen-bond acceptors (Lipinski definition) is 8. The average molecular weight is 556 g/mol. The first-order valence-corrected chi connectivity index (χ1v) is 13.8. The Balaban J connectivity index is 0.000000279. The van der Waals surface area contributed by atoms with Crippen LogP contribution in [-0.2, 0) is 27.8 Å². The molecule has 6 rings (SSSR count). The summed E-state index contributed by atoms with van der Waals surface area (Å²) in [4.78, 5) is 22.3. The molecule has 4 N–H and O–H groups in total. The molecule has 5 atom stereocenters. The Morgan fingerprint density at radius 1 is 1.02 bits per heavy atom. The minimum Gasteiger partial charge on any atom is -0.497 e. The highest BCUT2D eigenvalue weighted by Gasteiger charge is 2.53. The molecule has 2 heterocycles. The Bertz CT molecular complexity index is 1230. The van der Waals surface area contributed by atoms with E-state index in [4.69, 9.17) is 34.6 Å². The minimum absolute atomic E-state index is 0.348. The molecular formula is C30H37NO9. The molecule has 0 amide bonds. The number of benzene rings is 2. The lowest BCUT2D eigenvalue weighted by molar-refractivity contribution is -0.165. The van der Waals surface area contributed by atoms with Crippen LogP contribution >= 0.6 is 0 Å². The smallest absolute Gasteiger partial charge is 0.335 e. The van der Waals surface area contributed by atoms with Gasteiger partial charge in [-0.2, -0.15) is 0 Å². The van der Waals surface area contributed by atoms with Gasteiger partial charge in [-0.25, -0.2) is 9.59 Å². The van der Waals surface area contributed by atoms with Crippen LogP contribution in [0.5, 0.6) is 17.2 Å². The second-order valence-electron chi connectivity index (χ2n) is 11.1. The average Bonchev–Trinajstić information content (AvgIpc) is 3.44. The van der Waals surface area contributed by atoms with E-state index >= 15 is 0 Å². The summed E-state index contributed by atoms with van der Waals surface area (Å²) in [6.45, 7) is 2.69. The van der Waals surface area contributed by atoms with Crippen molar-refractivity contribution in [3.05, 3.63) is 53.1 Å².